The van der Waals surface area contributed by atoms with Crippen LogP contribution >= 0.6 is 23.2 Å². The molecule has 3 aromatic carbocycles. The summed E-state index contributed by atoms with van der Waals surface area (Å²) in [6.45, 7) is 3.70. The van der Waals surface area contributed by atoms with Crippen LogP contribution in [-0.2, 0) is 26.2 Å². The Kier molecular flexibility index (Phi) is 11.2. The summed E-state index contributed by atoms with van der Waals surface area (Å²) < 4.78 is 34.0. The Bertz CT molecular complexity index is 1420. The molecular formula is C29H33Cl2N3O5S. The number of carbonyl (C=O) groups is 2. The van der Waals surface area contributed by atoms with Crippen LogP contribution in [0, 0.1) is 0 Å². The summed E-state index contributed by atoms with van der Waals surface area (Å²) in [5.41, 5.74) is 0.935. The van der Waals surface area contributed by atoms with E-state index in [1.807, 2.05) is 13.0 Å². The maximum absolute atomic E-state index is 14.0. The zero-order valence-electron chi connectivity index (χ0n) is 22.6. The molecule has 0 radical (unpaired) electrons. The first-order chi connectivity index (χ1) is 19.1. The van der Waals surface area contributed by atoms with Crippen LogP contribution in [0.15, 0.2) is 77.7 Å². The summed E-state index contributed by atoms with van der Waals surface area (Å²) in [7, 11) is -2.68. The van der Waals surface area contributed by atoms with Crippen molar-refractivity contribution in [2.45, 2.75) is 44.2 Å². The van der Waals surface area contributed by atoms with Crippen LogP contribution in [0.1, 0.15) is 32.3 Å². The van der Waals surface area contributed by atoms with Gasteiger partial charge in [0, 0.05) is 23.1 Å². The van der Waals surface area contributed by atoms with Crippen molar-refractivity contribution in [3.8, 4) is 5.75 Å². The molecule has 214 valence electrons. The van der Waals surface area contributed by atoms with Gasteiger partial charge in [-0.15, -0.1) is 0 Å². The van der Waals surface area contributed by atoms with Crippen molar-refractivity contribution in [2.24, 2.45) is 0 Å². The van der Waals surface area contributed by atoms with Gasteiger partial charge in [-0.3, -0.25) is 13.9 Å². The Balaban J connectivity index is 2.06. The molecule has 0 aromatic heterocycles. The minimum atomic E-state index is -4.22. The number of rotatable bonds is 13. The molecule has 8 nitrogen and oxygen atoms in total. The summed E-state index contributed by atoms with van der Waals surface area (Å²) in [6, 6.07) is 18.3. The number of sulfonamides is 1. The lowest BCUT2D eigenvalue weighted by molar-refractivity contribution is -0.140. The Morgan fingerprint density at radius 3 is 2.27 bits per heavy atom. The molecule has 0 fully saturated rings. The van der Waals surface area contributed by atoms with Gasteiger partial charge in [0.05, 0.1) is 17.7 Å². The standard InChI is InChI=1S/C29H33Cl2N3O5S/c1-4-16-32-29(36)27(5-2)33(19-21-8-6-11-25(17-21)39-3)28(35)20-34(24-10-7-9-23(31)18-24)40(37,38)26-14-12-22(30)13-15-26/h6-15,17-18,27H,4-5,16,19-20H2,1-3H3,(H,32,36). The van der Waals surface area contributed by atoms with Gasteiger partial charge in [0.15, 0.2) is 0 Å². The van der Waals surface area contributed by atoms with Crippen molar-refractivity contribution in [2.75, 3.05) is 24.5 Å². The number of carbonyl (C=O) groups excluding carboxylic acids is 2. The molecule has 0 aliphatic rings. The van der Waals surface area contributed by atoms with Crippen molar-refractivity contribution in [3.63, 3.8) is 0 Å². The lowest BCUT2D eigenvalue weighted by atomic mass is 10.1. The fraction of sp³-hybridized carbons (Fsp3) is 0.310. The third-order valence-electron chi connectivity index (χ3n) is 6.20. The van der Waals surface area contributed by atoms with E-state index in [0.717, 1.165) is 16.3 Å². The van der Waals surface area contributed by atoms with Crippen molar-refractivity contribution < 1.29 is 22.7 Å². The predicted octanol–water partition coefficient (Wildman–Crippen LogP) is 5.53. The van der Waals surface area contributed by atoms with E-state index in [9.17, 15) is 18.0 Å². The van der Waals surface area contributed by atoms with E-state index in [0.29, 0.717) is 28.8 Å². The van der Waals surface area contributed by atoms with Gasteiger partial charge in [-0.05, 0) is 73.0 Å². The van der Waals surface area contributed by atoms with Crippen LogP contribution in [0.5, 0.6) is 5.75 Å². The lowest BCUT2D eigenvalue weighted by Gasteiger charge is -2.33. The molecule has 2 amide bonds. The van der Waals surface area contributed by atoms with Crippen LogP contribution in [0.25, 0.3) is 0 Å². The fourth-order valence-electron chi connectivity index (χ4n) is 4.15. The second kappa shape index (κ2) is 14.4. The van der Waals surface area contributed by atoms with Gasteiger partial charge in [-0.25, -0.2) is 8.42 Å². The highest BCUT2D eigenvalue weighted by Gasteiger charge is 2.33. The summed E-state index contributed by atoms with van der Waals surface area (Å²) in [5, 5.41) is 3.54. The van der Waals surface area contributed by atoms with Gasteiger partial charge in [-0.2, -0.15) is 0 Å². The molecule has 0 aliphatic heterocycles. The molecule has 3 rings (SSSR count). The molecule has 40 heavy (non-hydrogen) atoms. The Labute approximate surface area is 245 Å². The average molecular weight is 607 g/mol. The Morgan fingerprint density at radius 1 is 0.950 bits per heavy atom. The third kappa shape index (κ3) is 7.90. The Hall–Kier alpha value is -3.27. The minimum absolute atomic E-state index is 0.0447. The molecule has 0 aliphatic carbocycles. The lowest BCUT2D eigenvalue weighted by Crippen LogP contribution is -2.52. The summed E-state index contributed by atoms with van der Waals surface area (Å²) in [6.07, 6.45) is 1.06. The van der Waals surface area contributed by atoms with Crippen LogP contribution in [0.3, 0.4) is 0 Å². The first-order valence-corrected chi connectivity index (χ1v) is 15.0. The maximum atomic E-state index is 14.0. The van der Waals surface area contributed by atoms with E-state index in [4.69, 9.17) is 27.9 Å². The molecule has 3 aromatic rings. The van der Waals surface area contributed by atoms with E-state index in [-0.39, 0.29) is 23.0 Å². The van der Waals surface area contributed by atoms with Crippen molar-refractivity contribution in [3.05, 3.63) is 88.4 Å². The van der Waals surface area contributed by atoms with Gasteiger partial charge < -0.3 is 15.0 Å². The van der Waals surface area contributed by atoms with Crippen LogP contribution < -0.4 is 14.4 Å². The zero-order valence-corrected chi connectivity index (χ0v) is 25.0. The van der Waals surface area contributed by atoms with E-state index >= 15 is 0 Å². The van der Waals surface area contributed by atoms with Gasteiger partial charge in [0.2, 0.25) is 11.8 Å². The fourth-order valence-corrected chi connectivity index (χ4v) is 5.86. The second-order valence-corrected chi connectivity index (χ2v) is 11.8. The predicted molar refractivity (Wildman–Crippen MR) is 158 cm³/mol. The van der Waals surface area contributed by atoms with E-state index in [2.05, 4.69) is 5.32 Å². The molecule has 0 saturated carbocycles. The highest BCUT2D eigenvalue weighted by atomic mass is 35.5. The van der Waals surface area contributed by atoms with Crippen LogP contribution in [0.2, 0.25) is 10.0 Å². The number of amides is 2. The van der Waals surface area contributed by atoms with Crippen LogP contribution in [-0.4, -0.2) is 51.4 Å². The van der Waals surface area contributed by atoms with Gasteiger partial charge in [-0.1, -0.05) is 55.2 Å². The highest BCUT2D eigenvalue weighted by molar-refractivity contribution is 7.92. The number of halogens is 2. The monoisotopic (exact) mass is 605 g/mol. The normalized spacial score (nSPS) is 11.9. The topological polar surface area (TPSA) is 96.0 Å². The Morgan fingerprint density at radius 2 is 1.65 bits per heavy atom. The molecule has 1 unspecified atom stereocenters. The molecule has 1 atom stereocenters. The highest BCUT2D eigenvalue weighted by Crippen LogP contribution is 2.28. The van der Waals surface area contributed by atoms with Gasteiger partial charge in [0.1, 0.15) is 18.3 Å². The SMILES string of the molecule is CCCNC(=O)C(CC)N(Cc1cccc(OC)c1)C(=O)CN(c1cccc(Cl)c1)S(=O)(=O)c1ccc(Cl)cc1. The summed E-state index contributed by atoms with van der Waals surface area (Å²) in [5.74, 6) is -0.270. The molecular weight excluding hydrogens is 573 g/mol. The number of anilines is 1. The average Bonchev–Trinajstić information content (AvgIpc) is 2.94. The maximum Gasteiger partial charge on any atom is 0.264 e. The molecule has 0 heterocycles. The summed E-state index contributed by atoms with van der Waals surface area (Å²) in [4.78, 5) is 28.6. The number of ether oxygens (including phenoxy) is 1. The number of hydrogen-bond donors (Lipinski definition) is 1. The summed E-state index contributed by atoms with van der Waals surface area (Å²) >= 11 is 12.2. The van der Waals surface area contributed by atoms with Crippen LogP contribution in [0.4, 0.5) is 5.69 Å². The molecule has 11 heteroatoms. The zero-order chi connectivity index (χ0) is 29.3. The van der Waals surface area contributed by atoms with Gasteiger partial charge >= 0.3 is 0 Å². The third-order valence-corrected chi connectivity index (χ3v) is 8.47. The first-order valence-electron chi connectivity index (χ1n) is 12.8. The second-order valence-electron chi connectivity index (χ2n) is 9.03. The molecule has 0 spiro atoms. The number of benzene rings is 3. The van der Waals surface area contributed by atoms with E-state index in [1.165, 1.54) is 35.2 Å². The molecule has 0 bridgehead atoms. The first kappa shape index (κ1) is 31.3. The minimum Gasteiger partial charge on any atom is -0.497 e. The van der Waals surface area contributed by atoms with Crippen molar-refractivity contribution in [1.29, 1.82) is 0 Å². The van der Waals surface area contributed by atoms with E-state index in [1.54, 1.807) is 50.4 Å². The smallest absolute Gasteiger partial charge is 0.264 e. The number of hydrogen-bond acceptors (Lipinski definition) is 5. The van der Waals surface area contributed by atoms with Crippen molar-refractivity contribution >= 4 is 50.7 Å². The van der Waals surface area contributed by atoms with Gasteiger partial charge in [0.25, 0.3) is 10.0 Å². The molecule has 0 saturated heterocycles. The molecule has 1 N–H and O–H groups in total. The van der Waals surface area contributed by atoms with Crippen molar-refractivity contribution in [1.82, 2.24) is 10.2 Å². The number of nitrogens with one attached hydrogen (secondary N) is 1. The number of methoxy groups -OCH3 is 1. The quantitative estimate of drug-likeness (QED) is 0.276. The largest absolute Gasteiger partial charge is 0.497 e. The van der Waals surface area contributed by atoms with E-state index < -0.39 is 28.5 Å². The number of nitrogens with zero attached hydrogens (tertiary/aromatic N) is 2.